The smallest absolute Gasteiger partial charge is 0.0708 e. The van der Waals surface area contributed by atoms with Crippen LogP contribution in [0.3, 0.4) is 0 Å². The Morgan fingerprint density at radius 3 is 2.27 bits per heavy atom. The Kier molecular flexibility index (Phi) is 9.08. The molecule has 0 saturated heterocycles. The highest BCUT2D eigenvalue weighted by molar-refractivity contribution is 5.85. The maximum absolute atomic E-state index is 5.66. The predicted octanol–water partition coefficient (Wildman–Crippen LogP) is 0.848. The average molecular weight is 203 g/mol. The van der Waals surface area contributed by atoms with Crippen LogP contribution in [0.1, 0.15) is 19.3 Å². The van der Waals surface area contributed by atoms with Crippen molar-refractivity contribution in [3.8, 4) is 0 Å². The van der Waals surface area contributed by atoms with Gasteiger partial charge in [0.15, 0.2) is 0 Å². The van der Waals surface area contributed by atoms with Crippen LogP contribution in [0.15, 0.2) is 0 Å². The number of rotatable bonds is 2. The molecule has 4 N–H and O–H groups in total. The minimum Gasteiger partial charge on any atom is -0.328 e. The van der Waals surface area contributed by atoms with Gasteiger partial charge in [0, 0.05) is 6.04 Å². The van der Waals surface area contributed by atoms with Gasteiger partial charge >= 0.3 is 0 Å². The van der Waals surface area contributed by atoms with Crippen molar-refractivity contribution in [1.29, 1.82) is 0 Å². The summed E-state index contributed by atoms with van der Waals surface area (Å²) in [5.74, 6) is 5.53. The third-order valence-electron chi connectivity index (χ3n) is 1.91. The van der Waals surface area contributed by atoms with Crippen molar-refractivity contribution in [2.24, 2.45) is 17.5 Å². The van der Waals surface area contributed by atoms with E-state index in [2.05, 4.69) is 4.84 Å². The van der Waals surface area contributed by atoms with Crippen molar-refractivity contribution < 1.29 is 4.84 Å². The number of hydrogen-bond acceptors (Lipinski definition) is 3. The third-order valence-corrected chi connectivity index (χ3v) is 1.91. The van der Waals surface area contributed by atoms with Gasteiger partial charge in [-0.1, -0.05) is 0 Å². The molecule has 0 aliphatic heterocycles. The second kappa shape index (κ2) is 7.13. The van der Waals surface area contributed by atoms with Gasteiger partial charge in [-0.25, -0.2) is 5.90 Å². The molecule has 70 valence electrons. The van der Waals surface area contributed by atoms with Gasteiger partial charge in [0.05, 0.1) is 6.61 Å². The fourth-order valence-corrected chi connectivity index (χ4v) is 1.40. The van der Waals surface area contributed by atoms with E-state index in [1.165, 1.54) is 6.42 Å². The number of halogens is 2. The fraction of sp³-hybridized carbons (Fsp3) is 1.00. The third kappa shape index (κ3) is 4.82. The lowest BCUT2D eigenvalue weighted by Crippen LogP contribution is -2.17. The quantitative estimate of drug-likeness (QED) is 0.654. The molecule has 0 aromatic rings. The van der Waals surface area contributed by atoms with E-state index >= 15 is 0 Å². The van der Waals surface area contributed by atoms with Gasteiger partial charge in [-0.15, -0.1) is 24.8 Å². The Bertz CT molecular complexity index is 92.7. The highest BCUT2D eigenvalue weighted by Gasteiger charge is 2.21. The van der Waals surface area contributed by atoms with Crippen molar-refractivity contribution in [3.05, 3.63) is 0 Å². The first-order valence-corrected chi connectivity index (χ1v) is 3.40. The zero-order chi connectivity index (χ0) is 6.69. The van der Waals surface area contributed by atoms with Gasteiger partial charge in [0.25, 0.3) is 0 Å². The summed E-state index contributed by atoms with van der Waals surface area (Å²) in [7, 11) is 0. The SMILES string of the molecule is Cl.Cl.NOC[C@@H]1CC[C@H](N)C1. The predicted molar refractivity (Wildman–Crippen MR) is 50.0 cm³/mol. The summed E-state index contributed by atoms with van der Waals surface area (Å²) in [6.07, 6.45) is 3.39. The van der Waals surface area contributed by atoms with Crippen molar-refractivity contribution >= 4 is 24.8 Å². The lowest BCUT2D eigenvalue weighted by Gasteiger charge is -2.05. The molecule has 0 radical (unpaired) electrons. The van der Waals surface area contributed by atoms with E-state index in [1.807, 2.05) is 0 Å². The van der Waals surface area contributed by atoms with Crippen LogP contribution in [0.4, 0.5) is 0 Å². The van der Waals surface area contributed by atoms with Crippen molar-refractivity contribution in [2.75, 3.05) is 6.61 Å². The minimum absolute atomic E-state index is 0. The van der Waals surface area contributed by atoms with E-state index in [4.69, 9.17) is 11.6 Å². The number of hydrogen-bond donors (Lipinski definition) is 2. The largest absolute Gasteiger partial charge is 0.328 e. The van der Waals surface area contributed by atoms with Crippen LogP contribution in [0.2, 0.25) is 0 Å². The molecule has 1 saturated carbocycles. The Morgan fingerprint density at radius 2 is 1.91 bits per heavy atom. The molecular formula is C6H16Cl2N2O. The lowest BCUT2D eigenvalue weighted by atomic mass is 10.1. The Hall–Kier alpha value is 0.460. The van der Waals surface area contributed by atoms with Gasteiger partial charge in [0.2, 0.25) is 0 Å². The lowest BCUT2D eigenvalue weighted by molar-refractivity contribution is 0.103. The van der Waals surface area contributed by atoms with Gasteiger partial charge in [-0.05, 0) is 25.2 Å². The standard InChI is InChI=1S/C6H14N2O.2ClH/c7-6-2-1-5(3-6)4-9-8;;/h5-6H,1-4,7-8H2;2*1H/t5-,6+;;/m1../s1. The summed E-state index contributed by atoms with van der Waals surface area (Å²) in [4.78, 5) is 4.52. The Balaban J connectivity index is 0. The second-order valence-electron chi connectivity index (χ2n) is 2.77. The molecule has 0 heterocycles. The topological polar surface area (TPSA) is 61.3 Å². The van der Waals surface area contributed by atoms with Crippen molar-refractivity contribution in [3.63, 3.8) is 0 Å². The summed E-state index contributed by atoms with van der Waals surface area (Å²) in [5, 5.41) is 0. The second-order valence-corrected chi connectivity index (χ2v) is 2.77. The molecule has 2 atom stereocenters. The van der Waals surface area contributed by atoms with Crippen LogP contribution in [0.25, 0.3) is 0 Å². The summed E-state index contributed by atoms with van der Waals surface area (Å²) in [6.45, 7) is 0.674. The minimum atomic E-state index is 0. The molecule has 0 amide bonds. The molecule has 5 heteroatoms. The maximum Gasteiger partial charge on any atom is 0.0708 e. The monoisotopic (exact) mass is 202 g/mol. The van der Waals surface area contributed by atoms with E-state index in [0.29, 0.717) is 18.6 Å². The molecule has 0 unspecified atom stereocenters. The van der Waals surface area contributed by atoms with E-state index in [0.717, 1.165) is 12.8 Å². The van der Waals surface area contributed by atoms with E-state index in [9.17, 15) is 0 Å². The van der Waals surface area contributed by atoms with E-state index in [-0.39, 0.29) is 24.8 Å². The van der Waals surface area contributed by atoms with Crippen LogP contribution in [-0.2, 0) is 4.84 Å². The molecule has 3 nitrogen and oxygen atoms in total. The highest BCUT2D eigenvalue weighted by atomic mass is 35.5. The molecule has 1 aliphatic carbocycles. The molecular weight excluding hydrogens is 187 g/mol. The highest BCUT2D eigenvalue weighted by Crippen LogP contribution is 2.23. The first kappa shape index (κ1) is 14.0. The molecule has 0 bridgehead atoms. The summed E-state index contributed by atoms with van der Waals surface area (Å²) >= 11 is 0. The Morgan fingerprint density at radius 1 is 1.27 bits per heavy atom. The first-order chi connectivity index (χ1) is 4.33. The van der Waals surface area contributed by atoms with Crippen LogP contribution in [0.5, 0.6) is 0 Å². The van der Waals surface area contributed by atoms with Crippen molar-refractivity contribution in [1.82, 2.24) is 0 Å². The summed E-state index contributed by atoms with van der Waals surface area (Å²) in [5.41, 5.74) is 5.66. The molecule has 0 spiro atoms. The van der Waals surface area contributed by atoms with Gasteiger partial charge in [-0.2, -0.15) is 0 Å². The zero-order valence-electron chi connectivity index (χ0n) is 6.36. The van der Waals surface area contributed by atoms with Crippen LogP contribution < -0.4 is 11.6 Å². The molecule has 1 aliphatic rings. The van der Waals surface area contributed by atoms with Gasteiger partial charge in [-0.3, -0.25) is 0 Å². The van der Waals surface area contributed by atoms with Gasteiger partial charge in [0.1, 0.15) is 0 Å². The Labute approximate surface area is 79.6 Å². The summed E-state index contributed by atoms with van der Waals surface area (Å²) in [6, 6.07) is 0.394. The zero-order valence-corrected chi connectivity index (χ0v) is 8.00. The van der Waals surface area contributed by atoms with E-state index < -0.39 is 0 Å². The van der Waals surface area contributed by atoms with Crippen molar-refractivity contribution in [2.45, 2.75) is 25.3 Å². The normalized spacial score (nSPS) is 28.9. The number of nitrogens with two attached hydrogens (primary N) is 2. The van der Waals surface area contributed by atoms with Gasteiger partial charge < -0.3 is 10.6 Å². The molecule has 1 rings (SSSR count). The van der Waals surface area contributed by atoms with Crippen LogP contribution in [0, 0.1) is 5.92 Å². The molecule has 0 aromatic carbocycles. The fourth-order valence-electron chi connectivity index (χ4n) is 1.40. The summed E-state index contributed by atoms with van der Waals surface area (Å²) < 4.78 is 0. The molecule has 0 aromatic heterocycles. The molecule has 1 fully saturated rings. The maximum atomic E-state index is 5.66. The first-order valence-electron chi connectivity index (χ1n) is 3.40. The van der Waals surface area contributed by atoms with Crippen LogP contribution >= 0.6 is 24.8 Å². The van der Waals surface area contributed by atoms with E-state index in [1.54, 1.807) is 0 Å². The van der Waals surface area contributed by atoms with Crippen LogP contribution in [-0.4, -0.2) is 12.6 Å². The average Bonchev–Trinajstić information content (AvgIpc) is 2.17. The molecule has 11 heavy (non-hydrogen) atoms.